The van der Waals surface area contributed by atoms with E-state index in [1.807, 2.05) is 4.90 Å². The van der Waals surface area contributed by atoms with Gasteiger partial charge in [0.25, 0.3) is 5.56 Å². The van der Waals surface area contributed by atoms with E-state index >= 15 is 0 Å². The lowest BCUT2D eigenvalue weighted by atomic mass is 10.0. The van der Waals surface area contributed by atoms with Gasteiger partial charge in [0.15, 0.2) is 0 Å². The maximum atomic E-state index is 12.7. The molecule has 0 aromatic carbocycles. The fraction of sp³-hybridized carbons (Fsp3) is 0.762. The zero-order valence-electron chi connectivity index (χ0n) is 17.7. The number of aromatic amines is 1. The number of rotatable bonds is 6. The summed E-state index contributed by atoms with van der Waals surface area (Å²) in [7, 11) is -3.33. The Hall–Kier alpha value is -1.74. The highest BCUT2D eigenvalue weighted by atomic mass is 32.2. The molecule has 1 atom stereocenters. The molecule has 4 rings (SSSR count). The zero-order valence-corrected chi connectivity index (χ0v) is 18.5. The Kier molecular flexibility index (Phi) is 6.29. The molecule has 1 saturated carbocycles. The number of nitrogens with zero attached hydrogens (tertiary/aromatic N) is 3. The summed E-state index contributed by atoms with van der Waals surface area (Å²) >= 11 is 0. The quantitative estimate of drug-likeness (QED) is 0.732. The molecule has 0 spiro atoms. The number of hydrogen-bond donors (Lipinski definition) is 1. The van der Waals surface area contributed by atoms with E-state index < -0.39 is 10.0 Å². The molecular formula is C21H32N4O4S. The lowest BCUT2D eigenvalue weighted by Crippen LogP contribution is -2.40. The summed E-state index contributed by atoms with van der Waals surface area (Å²) in [4.78, 5) is 34.8. The van der Waals surface area contributed by atoms with Crippen molar-refractivity contribution in [2.24, 2.45) is 5.92 Å². The third-order valence-electron chi connectivity index (χ3n) is 6.98. The molecule has 0 bridgehead atoms. The summed E-state index contributed by atoms with van der Waals surface area (Å²) in [5.74, 6) is 1.62. The number of nitrogens with one attached hydrogen (secondary N) is 1. The van der Waals surface area contributed by atoms with Gasteiger partial charge in [-0.2, -0.15) is 4.31 Å². The van der Waals surface area contributed by atoms with Crippen LogP contribution in [0.25, 0.3) is 0 Å². The minimum Gasteiger partial charge on any atom is -0.342 e. The van der Waals surface area contributed by atoms with Crippen molar-refractivity contribution in [3.05, 3.63) is 27.4 Å². The molecule has 0 radical (unpaired) electrons. The second-order valence-electron chi connectivity index (χ2n) is 8.88. The van der Waals surface area contributed by atoms with Crippen molar-refractivity contribution in [1.29, 1.82) is 0 Å². The van der Waals surface area contributed by atoms with Gasteiger partial charge in [0.2, 0.25) is 15.9 Å². The fourth-order valence-electron chi connectivity index (χ4n) is 5.03. The maximum absolute atomic E-state index is 12.7. The van der Waals surface area contributed by atoms with Crippen LogP contribution in [0.3, 0.4) is 0 Å². The molecule has 1 aromatic heterocycles. The van der Waals surface area contributed by atoms with Crippen molar-refractivity contribution in [2.45, 2.75) is 70.8 Å². The zero-order chi connectivity index (χ0) is 21.3. The molecular weight excluding hydrogens is 404 g/mol. The summed E-state index contributed by atoms with van der Waals surface area (Å²) in [5, 5.41) is 0. The first kappa shape index (κ1) is 21.5. The van der Waals surface area contributed by atoms with Gasteiger partial charge >= 0.3 is 0 Å². The minimum atomic E-state index is -3.33. The number of aromatic nitrogens is 2. The predicted octanol–water partition coefficient (Wildman–Crippen LogP) is 1.76. The number of likely N-dealkylation sites (tertiary alicyclic amines) is 1. The van der Waals surface area contributed by atoms with E-state index in [9.17, 15) is 18.0 Å². The van der Waals surface area contributed by atoms with Gasteiger partial charge in [0.1, 0.15) is 5.82 Å². The number of carbonyl (C=O) groups excluding carboxylic acids is 1. The predicted molar refractivity (Wildman–Crippen MR) is 114 cm³/mol. The molecule has 0 unspecified atom stereocenters. The van der Waals surface area contributed by atoms with Crippen LogP contribution < -0.4 is 5.56 Å². The molecule has 3 heterocycles. The summed E-state index contributed by atoms with van der Waals surface area (Å²) in [6.45, 7) is 3.36. The largest absolute Gasteiger partial charge is 0.342 e. The van der Waals surface area contributed by atoms with Crippen LogP contribution in [0.15, 0.2) is 4.79 Å². The summed E-state index contributed by atoms with van der Waals surface area (Å²) in [5.41, 5.74) is 0.892. The number of carbonyl (C=O) groups is 1. The Morgan fingerprint density at radius 3 is 2.70 bits per heavy atom. The Bertz CT molecular complexity index is 952. The molecule has 3 aliphatic rings. The van der Waals surface area contributed by atoms with Crippen molar-refractivity contribution < 1.29 is 13.2 Å². The van der Waals surface area contributed by atoms with Gasteiger partial charge in [-0.05, 0) is 25.7 Å². The highest BCUT2D eigenvalue weighted by molar-refractivity contribution is 7.89. The van der Waals surface area contributed by atoms with Gasteiger partial charge in [0, 0.05) is 44.9 Å². The lowest BCUT2D eigenvalue weighted by molar-refractivity contribution is -0.130. The normalized spacial score (nSPS) is 23.1. The SMILES string of the molecule is CCS(=O)(=O)N1CCc2nc([C@H]3CCN(C(=O)CCC4CCCC4)C3)[nH]c(=O)c2C1. The topological polar surface area (TPSA) is 103 Å². The summed E-state index contributed by atoms with van der Waals surface area (Å²) in [6, 6.07) is 0. The van der Waals surface area contributed by atoms with Gasteiger partial charge in [-0.1, -0.05) is 25.7 Å². The van der Waals surface area contributed by atoms with E-state index in [1.165, 1.54) is 30.0 Å². The molecule has 1 aromatic rings. The van der Waals surface area contributed by atoms with E-state index in [1.54, 1.807) is 6.92 Å². The molecule has 1 amide bonds. The van der Waals surface area contributed by atoms with E-state index in [2.05, 4.69) is 9.97 Å². The Balaban J connectivity index is 1.40. The third-order valence-corrected chi connectivity index (χ3v) is 8.81. The van der Waals surface area contributed by atoms with E-state index in [4.69, 9.17) is 0 Å². The highest BCUT2D eigenvalue weighted by Crippen LogP contribution is 2.30. The molecule has 1 N–H and O–H groups in total. The van der Waals surface area contributed by atoms with Gasteiger partial charge in [-0.3, -0.25) is 9.59 Å². The molecule has 166 valence electrons. The first-order chi connectivity index (χ1) is 14.4. The maximum Gasteiger partial charge on any atom is 0.255 e. The van der Waals surface area contributed by atoms with Crippen LogP contribution in [0.5, 0.6) is 0 Å². The average Bonchev–Trinajstić information content (AvgIpc) is 3.44. The Labute approximate surface area is 178 Å². The van der Waals surface area contributed by atoms with Gasteiger partial charge in [-0.25, -0.2) is 13.4 Å². The van der Waals surface area contributed by atoms with Crippen LogP contribution in [0.2, 0.25) is 0 Å². The summed E-state index contributed by atoms with van der Waals surface area (Å²) < 4.78 is 25.7. The molecule has 2 aliphatic heterocycles. The van der Waals surface area contributed by atoms with Crippen molar-refractivity contribution in [3.8, 4) is 0 Å². The van der Waals surface area contributed by atoms with Crippen LogP contribution in [0, 0.1) is 5.92 Å². The molecule has 2 fully saturated rings. The minimum absolute atomic E-state index is 0.0262. The van der Waals surface area contributed by atoms with Crippen molar-refractivity contribution in [1.82, 2.24) is 19.2 Å². The molecule has 8 nitrogen and oxygen atoms in total. The lowest BCUT2D eigenvalue weighted by Gasteiger charge is -2.27. The Morgan fingerprint density at radius 2 is 1.97 bits per heavy atom. The van der Waals surface area contributed by atoms with E-state index in [0.717, 1.165) is 12.8 Å². The van der Waals surface area contributed by atoms with Crippen LogP contribution >= 0.6 is 0 Å². The van der Waals surface area contributed by atoms with E-state index in [-0.39, 0.29) is 29.7 Å². The number of amides is 1. The van der Waals surface area contributed by atoms with Gasteiger partial charge < -0.3 is 9.88 Å². The second-order valence-corrected chi connectivity index (χ2v) is 11.1. The molecule has 1 saturated heterocycles. The third kappa shape index (κ3) is 4.46. The molecule has 9 heteroatoms. The van der Waals surface area contributed by atoms with Crippen LogP contribution in [0.4, 0.5) is 0 Å². The Morgan fingerprint density at radius 1 is 1.20 bits per heavy atom. The van der Waals surface area contributed by atoms with Crippen molar-refractivity contribution in [3.63, 3.8) is 0 Å². The monoisotopic (exact) mass is 436 g/mol. The average molecular weight is 437 g/mol. The first-order valence-electron chi connectivity index (χ1n) is 11.2. The smallest absolute Gasteiger partial charge is 0.255 e. The number of sulfonamides is 1. The van der Waals surface area contributed by atoms with Gasteiger partial charge in [0.05, 0.1) is 17.0 Å². The number of H-pyrrole nitrogens is 1. The molecule has 1 aliphatic carbocycles. The fourth-order valence-corrected chi connectivity index (χ4v) is 6.09. The number of hydrogen-bond acceptors (Lipinski definition) is 5. The standard InChI is InChI=1S/C21H32N4O4S/c1-2-30(28,29)25-12-10-18-17(14-25)21(27)23-20(22-18)16-9-11-24(13-16)19(26)8-7-15-5-3-4-6-15/h15-16H,2-14H2,1H3,(H,22,23,27)/t16-/m0/s1. The first-order valence-corrected chi connectivity index (χ1v) is 12.9. The number of fused-ring (bicyclic) bond motifs is 1. The van der Waals surface area contributed by atoms with Gasteiger partial charge in [-0.15, -0.1) is 0 Å². The van der Waals surface area contributed by atoms with Crippen molar-refractivity contribution in [2.75, 3.05) is 25.4 Å². The van der Waals surface area contributed by atoms with Crippen LogP contribution in [-0.4, -0.2) is 58.9 Å². The van der Waals surface area contributed by atoms with E-state index in [0.29, 0.717) is 55.5 Å². The highest BCUT2D eigenvalue weighted by Gasteiger charge is 2.32. The molecule has 30 heavy (non-hydrogen) atoms. The summed E-state index contributed by atoms with van der Waals surface area (Å²) in [6.07, 6.45) is 7.96. The van der Waals surface area contributed by atoms with Crippen LogP contribution in [0.1, 0.15) is 74.9 Å². The second kappa shape index (κ2) is 8.78. The van der Waals surface area contributed by atoms with Crippen molar-refractivity contribution >= 4 is 15.9 Å². The van der Waals surface area contributed by atoms with Crippen LogP contribution in [-0.2, 0) is 27.8 Å².